The molecule has 0 bridgehead atoms. The molecule has 0 radical (unpaired) electrons. The molecule has 6 nitrogen and oxygen atoms in total. The minimum absolute atomic E-state index is 0.0755. The Hall–Kier alpha value is -1.47. The number of aryl methyl sites for hydroxylation is 1. The van der Waals surface area contributed by atoms with Gasteiger partial charge in [0.1, 0.15) is 6.04 Å². The number of rotatable bonds is 5. The van der Waals surface area contributed by atoms with Crippen LogP contribution in [0.2, 0.25) is 0 Å². The van der Waals surface area contributed by atoms with Gasteiger partial charge in [0.15, 0.2) is 0 Å². The van der Waals surface area contributed by atoms with E-state index in [0.717, 1.165) is 22.7 Å². The maximum absolute atomic E-state index is 12.8. The molecule has 0 aromatic carbocycles. The Morgan fingerprint density at radius 3 is 2.48 bits per heavy atom. The highest BCUT2D eigenvalue weighted by molar-refractivity contribution is 7.11. The standard InChI is InChI=1S/C14H21N3O3S/c1-8(2)11(12(18)16-20)17(4)13(19)14(5-6-14)10-7-15-9(3)21-10/h7-8,11,20H,5-6H2,1-4H3,(H,16,18). The van der Waals surface area contributed by atoms with E-state index in [9.17, 15) is 9.59 Å². The maximum atomic E-state index is 12.8. The van der Waals surface area contributed by atoms with Crippen LogP contribution in [0.5, 0.6) is 0 Å². The lowest BCUT2D eigenvalue weighted by Crippen LogP contribution is -2.52. The first-order chi connectivity index (χ1) is 9.83. The van der Waals surface area contributed by atoms with E-state index in [1.165, 1.54) is 16.2 Å². The van der Waals surface area contributed by atoms with Crippen molar-refractivity contribution < 1.29 is 14.8 Å². The number of aromatic nitrogens is 1. The van der Waals surface area contributed by atoms with Crippen LogP contribution in [0.15, 0.2) is 6.20 Å². The van der Waals surface area contributed by atoms with E-state index in [1.807, 2.05) is 20.8 Å². The normalized spacial score (nSPS) is 17.4. The number of thiazole rings is 1. The second-order valence-electron chi connectivity index (χ2n) is 5.91. The van der Waals surface area contributed by atoms with Crippen molar-refractivity contribution in [1.29, 1.82) is 0 Å². The zero-order valence-corrected chi connectivity index (χ0v) is 13.5. The third-order valence-electron chi connectivity index (χ3n) is 4.00. The van der Waals surface area contributed by atoms with Gasteiger partial charge in [-0.05, 0) is 25.7 Å². The second kappa shape index (κ2) is 5.73. The fraction of sp³-hybridized carbons (Fsp3) is 0.643. The summed E-state index contributed by atoms with van der Waals surface area (Å²) in [5.41, 5.74) is 1.13. The second-order valence-corrected chi connectivity index (χ2v) is 7.14. The van der Waals surface area contributed by atoms with Crippen LogP contribution >= 0.6 is 11.3 Å². The number of carbonyl (C=O) groups excluding carboxylic acids is 2. The van der Waals surface area contributed by atoms with E-state index in [4.69, 9.17) is 5.21 Å². The summed E-state index contributed by atoms with van der Waals surface area (Å²) in [6.07, 6.45) is 3.32. The number of amides is 2. The van der Waals surface area contributed by atoms with E-state index < -0.39 is 17.4 Å². The first-order valence-corrected chi connectivity index (χ1v) is 7.79. The average molecular weight is 311 g/mol. The molecule has 1 aliphatic carbocycles. The topological polar surface area (TPSA) is 82.5 Å². The van der Waals surface area contributed by atoms with E-state index in [1.54, 1.807) is 18.7 Å². The summed E-state index contributed by atoms with van der Waals surface area (Å²) in [5.74, 6) is -0.726. The molecule has 2 amide bonds. The fourth-order valence-corrected chi connectivity index (χ4v) is 3.75. The largest absolute Gasteiger partial charge is 0.333 e. The Bertz CT molecular complexity index is 551. The summed E-state index contributed by atoms with van der Waals surface area (Å²) in [4.78, 5) is 31.3. The highest BCUT2D eigenvalue weighted by Gasteiger charge is 2.55. The summed E-state index contributed by atoms with van der Waals surface area (Å²) >= 11 is 1.53. The monoisotopic (exact) mass is 311 g/mol. The van der Waals surface area contributed by atoms with Gasteiger partial charge in [0.05, 0.1) is 10.4 Å². The minimum Gasteiger partial charge on any atom is -0.333 e. The molecule has 0 spiro atoms. The van der Waals surface area contributed by atoms with Gasteiger partial charge < -0.3 is 4.90 Å². The molecule has 1 aliphatic rings. The van der Waals surface area contributed by atoms with E-state index in [2.05, 4.69) is 4.98 Å². The van der Waals surface area contributed by atoms with Crippen molar-refractivity contribution in [1.82, 2.24) is 15.4 Å². The summed E-state index contributed by atoms with van der Waals surface area (Å²) < 4.78 is 0. The predicted octanol–water partition coefficient (Wildman–Crippen LogP) is 1.47. The van der Waals surface area contributed by atoms with Gasteiger partial charge in [-0.1, -0.05) is 13.8 Å². The Balaban J connectivity index is 2.24. The van der Waals surface area contributed by atoms with Crippen molar-refractivity contribution in [2.45, 2.75) is 45.1 Å². The van der Waals surface area contributed by atoms with E-state index in [-0.39, 0.29) is 11.8 Å². The molecule has 1 atom stereocenters. The Morgan fingerprint density at radius 2 is 2.10 bits per heavy atom. The summed E-state index contributed by atoms with van der Waals surface area (Å²) in [6.45, 7) is 5.61. The van der Waals surface area contributed by atoms with Crippen LogP contribution in [0.25, 0.3) is 0 Å². The van der Waals surface area contributed by atoms with Crippen LogP contribution in [0.3, 0.4) is 0 Å². The zero-order valence-electron chi connectivity index (χ0n) is 12.7. The Morgan fingerprint density at radius 1 is 1.48 bits per heavy atom. The lowest BCUT2D eigenvalue weighted by molar-refractivity contribution is -0.146. The molecule has 1 aromatic rings. The van der Waals surface area contributed by atoms with Gasteiger partial charge >= 0.3 is 0 Å². The van der Waals surface area contributed by atoms with Gasteiger partial charge in [-0.15, -0.1) is 11.3 Å². The highest BCUT2D eigenvalue weighted by Crippen LogP contribution is 2.51. The van der Waals surface area contributed by atoms with Crippen LogP contribution in [0.4, 0.5) is 0 Å². The molecule has 21 heavy (non-hydrogen) atoms. The molecule has 116 valence electrons. The van der Waals surface area contributed by atoms with Gasteiger partial charge in [0, 0.05) is 18.1 Å². The average Bonchev–Trinajstić information content (AvgIpc) is 3.13. The van der Waals surface area contributed by atoms with E-state index >= 15 is 0 Å². The van der Waals surface area contributed by atoms with Crippen molar-refractivity contribution in [3.63, 3.8) is 0 Å². The van der Waals surface area contributed by atoms with Crippen LogP contribution in [-0.4, -0.2) is 40.0 Å². The van der Waals surface area contributed by atoms with Crippen LogP contribution < -0.4 is 5.48 Å². The fourth-order valence-electron chi connectivity index (χ4n) is 2.73. The third kappa shape index (κ3) is 2.80. The summed E-state index contributed by atoms with van der Waals surface area (Å²) in [7, 11) is 1.62. The molecule has 7 heteroatoms. The molecular weight excluding hydrogens is 290 g/mol. The predicted molar refractivity (Wildman–Crippen MR) is 79.1 cm³/mol. The number of hydrogen-bond acceptors (Lipinski definition) is 5. The summed E-state index contributed by atoms with van der Waals surface area (Å²) in [5, 5.41) is 9.81. The van der Waals surface area contributed by atoms with Gasteiger partial charge in [0.2, 0.25) is 5.91 Å². The first kappa shape index (κ1) is 15.9. The van der Waals surface area contributed by atoms with Gasteiger partial charge in [-0.2, -0.15) is 0 Å². The summed E-state index contributed by atoms with van der Waals surface area (Å²) in [6, 6.07) is -0.686. The quantitative estimate of drug-likeness (QED) is 0.637. The third-order valence-corrected chi connectivity index (χ3v) is 5.12. The maximum Gasteiger partial charge on any atom is 0.266 e. The van der Waals surface area contributed by atoms with Crippen molar-refractivity contribution in [3.05, 3.63) is 16.1 Å². The molecule has 2 rings (SSSR count). The molecule has 1 unspecified atom stereocenters. The van der Waals surface area contributed by atoms with Crippen LogP contribution in [-0.2, 0) is 15.0 Å². The number of hydrogen-bond donors (Lipinski definition) is 2. The first-order valence-electron chi connectivity index (χ1n) is 6.97. The van der Waals surface area contributed by atoms with Crippen molar-refractivity contribution in [3.8, 4) is 0 Å². The van der Waals surface area contributed by atoms with Crippen LogP contribution in [0, 0.1) is 12.8 Å². The molecule has 2 N–H and O–H groups in total. The Labute approximate surface area is 128 Å². The number of likely N-dealkylation sites (N-methyl/N-ethyl adjacent to an activating group) is 1. The number of carbonyl (C=O) groups is 2. The van der Waals surface area contributed by atoms with Crippen LogP contribution in [0.1, 0.15) is 36.6 Å². The van der Waals surface area contributed by atoms with Gasteiger partial charge in [-0.3, -0.25) is 14.8 Å². The number of hydroxylamine groups is 1. The van der Waals surface area contributed by atoms with Gasteiger partial charge in [-0.25, -0.2) is 10.5 Å². The molecule has 1 heterocycles. The van der Waals surface area contributed by atoms with Crippen molar-refractivity contribution >= 4 is 23.2 Å². The molecule has 1 aromatic heterocycles. The molecular formula is C14H21N3O3S. The van der Waals surface area contributed by atoms with Gasteiger partial charge in [0.25, 0.3) is 5.91 Å². The lowest BCUT2D eigenvalue weighted by atomic mass is 9.98. The molecule has 0 saturated heterocycles. The smallest absolute Gasteiger partial charge is 0.266 e. The van der Waals surface area contributed by atoms with Crippen molar-refractivity contribution in [2.24, 2.45) is 5.92 Å². The highest BCUT2D eigenvalue weighted by atomic mass is 32.1. The Kier molecular flexibility index (Phi) is 4.34. The molecule has 0 aliphatic heterocycles. The van der Waals surface area contributed by atoms with E-state index in [0.29, 0.717) is 0 Å². The van der Waals surface area contributed by atoms with Crippen molar-refractivity contribution in [2.75, 3.05) is 7.05 Å². The lowest BCUT2D eigenvalue weighted by Gasteiger charge is -2.32. The number of nitrogens with zero attached hydrogens (tertiary/aromatic N) is 2. The minimum atomic E-state index is -0.686. The number of nitrogens with one attached hydrogen (secondary N) is 1. The zero-order chi connectivity index (χ0) is 15.8. The molecule has 1 saturated carbocycles. The SMILES string of the molecule is Cc1ncc(C2(C(=O)N(C)C(C(=O)NO)C(C)C)CC2)s1. The molecule has 1 fully saturated rings.